The summed E-state index contributed by atoms with van der Waals surface area (Å²) >= 11 is 0. The monoisotopic (exact) mass is 1260 g/mol. The highest BCUT2D eigenvalue weighted by molar-refractivity contribution is 5.84. The average molecular weight is 1260 g/mol. The normalized spacial score (nSPS) is 28.1. The van der Waals surface area contributed by atoms with E-state index < -0.39 is 242 Å². The smallest absolute Gasteiger partial charge is 0.189 e. The summed E-state index contributed by atoms with van der Waals surface area (Å²) in [7, 11) is 0. The van der Waals surface area contributed by atoms with Gasteiger partial charge in [-0.25, -0.2) is 0 Å². The minimum absolute atomic E-state index is 0.0258. The fraction of sp³-hybridized carbons (Fsp3) is 0.909. The highest BCUT2D eigenvalue weighted by Crippen LogP contribution is 2.32. The quantitative estimate of drug-likeness (QED) is 0.0278. The molecule has 504 valence electrons. The van der Waals surface area contributed by atoms with E-state index in [0.717, 1.165) is 0 Å². The van der Waals surface area contributed by atoms with Gasteiger partial charge in [0.15, 0.2) is 24.1 Å². The number of Topliss-reactive ketones (excluding diaryl/α,β-unsaturated/α-hetero) is 2. The molecule has 0 bridgehead atoms. The Morgan fingerprint density at radius 2 is 0.774 bits per heavy atom. The van der Waals surface area contributed by atoms with Crippen molar-refractivity contribution >= 4 is 24.1 Å². The van der Waals surface area contributed by atoms with Crippen LogP contribution in [0.25, 0.3) is 0 Å². The van der Waals surface area contributed by atoms with Crippen molar-refractivity contribution in [1.29, 1.82) is 0 Å². The van der Waals surface area contributed by atoms with Crippen molar-refractivity contribution in [1.82, 2.24) is 0 Å². The van der Waals surface area contributed by atoms with E-state index >= 15 is 0 Å². The standard InChI is InChI=1S/C14H26O11.C6H14O6.3C6H12O6.C6H12O5/c15-1-6-9(18)12(21)10(19)8(24-6)3-23-5-14(4-17)13(22)11(20)7(2-16)25-14;4*7-1-3(9)5(11)6(12)4(10)2-8;7-2-1-4(9)6(11)5(10)3-8/h6-13,15-22H,1-5H2;3-12H,1-2H2;2*3,5-9,11-12H,1-2H2;1,3-6,8-12H,2H2;3-7,9-11H,1-2H2/t6?,7?,8?,9-,10-,11?,12-,13-,14?;;;;;/m1...../s1. The van der Waals surface area contributed by atoms with Gasteiger partial charge in [-0.1, -0.05) is 0 Å². The molecule has 2 aliphatic rings. The second-order valence-electron chi connectivity index (χ2n) is 18.0. The van der Waals surface area contributed by atoms with Gasteiger partial charge in [0, 0.05) is 6.61 Å². The van der Waals surface area contributed by atoms with Gasteiger partial charge in [-0.15, -0.1) is 0 Å². The van der Waals surface area contributed by atoms with Crippen LogP contribution in [0.4, 0.5) is 0 Å². The Morgan fingerprint density at radius 3 is 1.08 bits per heavy atom. The van der Waals surface area contributed by atoms with E-state index in [0.29, 0.717) is 0 Å². The summed E-state index contributed by atoms with van der Waals surface area (Å²) in [4.78, 5) is 40.8. The van der Waals surface area contributed by atoms with Gasteiger partial charge in [0.1, 0.15) is 165 Å². The Labute approximate surface area is 476 Å². The summed E-state index contributed by atoms with van der Waals surface area (Å²) in [5.74, 6) is -2.01. The Morgan fingerprint density at radius 1 is 0.429 bits per heavy atom. The van der Waals surface area contributed by atoms with Gasteiger partial charge in [0.05, 0.1) is 72.2 Å². The molecular formula is C44H88O40. The molecule has 0 saturated carbocycles. The zero-order chi connectivity index (χ0) is 66.5. The number of hydrogen-bond acceptors (Lipinski definition) is 40. The molecule has 40 heteroatoms. The molecule has 0 amide bonds. The van der Waals surface area contributed by atoms with Crippen LogP contribution in [0.5, 0.6) is 0 Å². The SMILES string of the molecule is O=C(CO)C(O)C(O)C(O)CO.O=C(CO)C(O)C(O)C(O)CO.O=CC(O)C(O)C(O)C(O)CO.O=CC(O)C(O)C(O)CCO.OCC(O)C(O)C(O)C(O)CO.OCC1OC(CO)(COCC2OC(CO)[C@@H](O)[C@@H](O)[C@@H]2O)[C@H](O)C1O. The predicted octanol–water partition coefficient (Wildman–Crippen LogP) is -21.4. The lowest BCUT2D eigenvalue weighted by atomic mass is 9.95. The summed E-state index contributed by atoms with van der Waals surface area (Å²) in [5, 5.41) is 293. The van der Waals surface area contributed by atoms with E-state index in [2.05, 4.69) is 0 Å². The maximum Gasteiger partial charge on any atom is 0.189 e. The summed E-state index contributed by atoms with van der Waals surface area (Å²) in [6.45, 7) is -8.43. The van der Waals surface area contributed by atoms with Gasteiger partial charge in [-0.3, -0.25) is 9.59 Å². The number of aliphatic hydroxyl groups excluding tert-OH is 33. The van der Waals surface area contributed by atoms with Crippen LogP contribution in [0.3, 0.4) is 0 Å². The van der Waals surface area contributed by atoms with Crippen LogP contribution in [-0.4, -0.2) is 437 Å². The Balaban J connectivity index is -0.000000476. The molecular weight excluding hydrogens is 1170 g/mol. The molecule has 84 heavy (non-hydrogen) atoms. The molecule has 22 unspecified atom stereocenters. The first-order valence-corrected chi connectivity index (χ1v) is 24.6. The summed E-state index contributed by atoms with van der Waals surface area (Å²) in [6.07, 6.45) is -38.6. The van der Waals surface area contributed by atoms with E-state index in [-0.39, 0.29) is 32.2 Å². The van der Waals surface area contributed by atoms with Gasteiger partial charge < -0.3 is 192 Å². The number of rotatable bonds is 32. The number of ether oxygens (including phenoxy) is 3. The average Bonchev–Trinajstić information content (AvgIpc) is 4.03. The van der Waals surface area contributed by atoms with Crippen LogP contribution in [-0.2, 0) is 33.4 Å². The van der Waals surface area contributed by atoms with E-state index in [4.69, 9.17) is 152 Å². The van der Waals surface area contributed by atoms with E-state index in [1.807, 2.05) is 0 Å². The number of carbonyl (C=O) groups excluding carboxylic acids is 4. The second kappa shape index (κ2) is 47.3. The molecule has 2 fully saturated rings. The van der Waals surface area contributed by atoms with Crippen molar-refractivity contribution in [2.24, 2.45) is 0 Å². The Bertz CT molecular complexity index is 1610. The van der Waals surface area contributed by atoms with Crippen molar-refractivity contribution in [3.8, 4) is 0 Å². The van der Waals surface area contributed by atoms with Gasteiger partial charge in [0.2, 0.25) is 0 Å². The van der Waals surface area contributed by atoms with Crippen LogP contribution in [0.2, 0.25) is 0 Å². The molecule has 26 atom stereocenters. The molecule has 0 spiro atoms. The van der Waals surface area contributed by atoms with Gasteiger partial charge in [-0.2, -0.15) is 0 Å². The summed E-state index contributed by atoms with van der Waals surface area (Å²) in [5.41, 5.74) is -1.67. The van der Waals surface area contributed by atoms with E-state index in [9.17, 15) is 49.8 Å². The van der Waals surface area contributed by atoms with Crippen LogP contribution in [0.1, 0.15) is 6.42 Å². The zero-order valence-corrected chi connectivity index (χ0v) is 44.6. The maximum absolute atomic E-state index is 10.5. The number of hydrogen-bond donors (Lipinski definition) is 33. The molecule has 33 N–H and O–H groups in total. The Hall–Kier alpha value is -2.76. The fourth-order valence-electron chi connectivity index (χ4n) is 6.17. The van der Waals surface area contributed by atoms with Crippen LogP contribution < -0.4 is 0 Å². The van der Waals surface area contributed by atoms with Crippen molar-refractivity contribution < 1.29 is 202 Å². The third kappa shape index (κ3) is 30.0. The Kier molecular flexibility index (Phi) is 49.3. The zero-order valence-electron chi connectivity index (χ0n) is 44.6. The third-order valence-corrected chi connectivity index (χ3v) is 11.7. The molecule has 2 rings (SSSR count). The molecule has 2 heterocycles. The number of aliphatic hydroxyl groups is 33. The lowest BCUT2D eigenvalue weighted by Gasteiger charge is -2.40. The largest absolute Gasteiger partial charge is 0.396 e. The van der Waals surface area contributed by atoms with Crippen LogP contribution in [0.15, 0.2) is 0 Å². The lowest BCUT2D eigenvalue weighted by molar-refractivity contribution is -0.244. The lowest BCUT2D eigenvalue weighted by Crippen LogP contribution is -2.60. The molecule has 0 radical (unpaired) electrons. The fourth-order valence-corrected chi connectivity index (χ4v) is 6.17. The van der Waals surface area contributed by atoms with Gasteiger partial charge in [0.25, 0.3) is 0 Å². The van der Waals surface area contributed by atoms with Gasteiger partial charge >= 0.3 is 0 Å². The second-order valence-corrected chi connectivity index (χ2v) is 18.0. The van der Waals surface area contributed by atoms with Crippen molar-refractivity contribution in [3.63, 3.8) is 0 Å². The molecule has 0 aliphatic carbocycles. The minimum atomic E-state index is -1.86. The third-order valence-electron chi connectivity index (χ3n) is 11.7. The van der Waals surface area contributed by atoms with Crippen molar-refractivity contribution in [2.45, 2.75) is 165 Å². The first-order chi connectivity index (χ1) is 39.1. The molecule has 0 aromatic carbocycles. The highest BCUT2D eigenvalue weighted by atomic mass is 16.6. The first-order valence-electron chi connectivity index (χ1n) is 24.6. The van der Waals surface area contributed by atoms with Crippen molar-refractivity contribution in [3.05, 3.63) is 0 Å². The number of carbonyl (C=O) groups is 4. The molecule has 0 aromatic rings. The number of ketones is 2. The van der Waals surface area contributed by atoms with Gasteiger partial charge in [-0.05, 0) is 6.42 Å². The van der Waals surface area contributed by atoms with E-state index in [1.54, 1.807) is 0 Å². The number of aldehydes is 2. The maximum atomic E-state index is 10.5. The van der Waals surface area contributed by atoms with E-state index in [1.165, 1.54) is 0 Å². The highest BCUT2D eigenvalue weighted by Gasteiger charge is 2.54. The summed E-state index contributed by atoms with van der Waals surface area (Å²) in [6, 6.07) is 0. The molecule has 2 aliphatic heterocycles. The van der Waals surface area contributed by atoms with Crippen LogP contribution >= 0.6 is 0 Å². The summed E-state index contributed by atoms with van der Waals surface area (Å²) < 4.78 is 15.9. The minimum Gasteiger partial charge on any atom is -0.396 e. The van der Waals surface area contributed by atoms with Crippen molar-refractivity contribution in [2.75, 3.05) is 85.9 Å². The molecule has 0 aromatic heterocycles. The van der Waals surface area contributed by atoms with Crippen LogP contribution in [0, 0.1) is 0 Å². The molecule has 40 nitrogen and oxygen atoms in total. The predicted molar refractivity (Wildman–Crippen MR) is 264 cm³/mol. The first kappa shape index (κ1) is 87.7. The molecule has 2 saturated heterocycles. The topological polar surface area (TPSA) is 764 Å².